The average Bonchev–Trinajstić information content (AvgIpc) is 2.69. The molecule has 3 aromatic carbocycles. The minimum Gasteiger partial charge on any atom is -0.289 e. The molecule has 0 aromatic heterocycles. The summed E-state index contributed by atoms with van der Waals surface area (Å²) >= 11 is 0. The van der Waals surface area contributed by atoms with Crippen LogP contribution in [0.1, 0.15) is 15.9 Å². The second-order valence-electron chi connectivity index (χ2n) is 6.57. The molecule has 1 saturated heterocycles. The van der Waals surface area contributed by atoms with Gasteiger partial charge in [0.1, 0.15) is 5.57 Å². The van der Waals surface area contributed by atoms with Crippen LogP contribution in [0.2, 0.25) is 0 Å². The molecule has 0 unspecified atom stereocenters. The second kappa shape index (κ2) is 5.72. The molecule has 5 rings (SSSR count). The molecular formula is C22H12N2O4. The van der Waals surface area contributed by atoms with Crippen LogP contribution in [0.3, 0.4) is 0 Å². The molecule has 1 heterocycles. The van der Waals surface area contributed by atoms with E-state index in [2.05, 4.69) is 0 Å². The first-order valence-corrected chi connectivity index (χ1v) is 8.63. The quantitative estimate of drug-likeness (QED) is 0.471. The number of nitrogens with one attached hydrogen (secondary N) is 2. The highest BCUT2D eigenvalue weighted by Gasteiger charge is 2.38. The summed E-state index contributed by atoms with van der Waals surface area (Å²) in [6.07, 6.45) is 0. The molecule has 3 aromatic rings. The van der Waals surface area contributed by atoms with Crippen molar-refractivity contribution in [1.29, 1.82) is 0 Å². The normalized spacial score (nSPS) is 15.9. The Labute approximate surface area is 158 Å². The fourth-order valence-corrected chi connectivity index (χ4v) is 3.86. The van der Waals surface area contributed by atoms with Gasteiger partial charge in [-0.05, 0) is 27.5 Å². The number of fused-ring (bicyclic) bond motifs is 5. The fourth-order valence-electron chi connectivity index (χ4n) is 3.86. The van der Waals surface area contributed by atoms with E-state index in [4.69, 9.17) is 0 Å². The monoisotopic (exact) mass is 368 g/mol. The fraction of sp³-hybridized carbons (Fsp3) is 0. The predicted molar refractivity (Wildman–Crippen MR) is 102 cm³/mol. The third-order valence-electron chi connectivity index (χ3n) is 5.03. The maximum Gasteiger partial charge on any atom is 0.328 e. The Morgan fingerprint density at radius 2 is 1.21 bits per heavy atom. The largest absolute Gasteiger partial charge is 0.328 e. The number of benzene rings is 3. The molecule has 6 heteroatoms. The van der Waals surface area contributed by atoms with Crippen LogP contribution in [0.25, 0.3) is 27.5 Å². The smallest absolute Gasteiger partial charge is 0.289 e. The summed E-state index contributed by atoms with van der Waals surface area (Å²) in [7, 11) is 0. The number of hydrogen-bond acceptors (Lipinski definition) is 4. The van der Waals surface area contributed by atoms with E-state index >= 15 is 0 Å². The van der Waals surface area contributed by atoms with Gasteiger partial charge in [0, 0.05) is 11.1 Å². The Morgan fingerprint density at radius 3 is 1.96 bits per heavy atom. The maximum atomic E-state index is 13.6. The van der Waals surface area contributed by atoms with Gasteiger partial charge in [-0.3, -0.25) is 25.0 Å². The first-order valence-electron chi connectivity index (χ1n) is 8.63. The first kappa shape index (κ1) is 16.1. The number of carbonyl (C=O) groups is 4. The SMILES string of the molecule is O=C1NC(=O)C(=C2C(=O)c3c(ccc4ccccc34)-c3ccccc32)C(=O)N1. The Hall–Kier alpha value is -4.06. The Morgan fingerprint density at radius 1 is 0.571 bits per heavy atom. The average molecular weight is 368 g/mol. The number of ketones is 1. The van der Waals surface area contributed by atoms with Crippen molar-refractivity contribution < 1.29 is 19.2 Å². The van der Waals surface area contributed by atoms with Gasteiger partial charge >= 0.3 is 6.03 Å². The van der Waals surface area contributed by atoms with Crippen molar-refractivity contribution >= 4 is 40.0 Å². The van der Waals surface area contributed by atoms with Gasteiger partial charge in [0.05, 0.1) is 0 Å². The zero-order valence-corrected chi connectivity index (χ0v) is 14.4. The summed E-state index contributed by atoms with van der Waals surface area (Å²) in [5, 5.41) is 5.72. The maximum absolute atomic E-state index is 13.6. The van der Waals surface area contributed by atoms with Crippen LogP contribution in [-0.4, -0.2) is 23.6 Å². The van der Waals surface area contributed by atoms with Crippen molar-refractivity contribution in [1.82, 2.24) is 10.6 Å². The van der Waals surface area contributed by atoms with Crippen molar-refractivity contribution in [2.75, 3.05) is 0 Å². The molecule has 2 N–H and O–H groups in total. The van der Waals surface area contributed by atoms with Crippen LogP contribution in [0.15, 0.2) is 66.2 Å². The van der Waals surface area contributed by atoms with E-state index in [-0.39, 0.29) is 11.1 Å². The number of amides is 4. The minimum absolute atomic E-state index is 0.00181. The lowest BCUT2D eigenvalue weighted by atomic mass is 9.77. The summed E-state index contributed by atoms with van der Waals surface area (Å²) in [5.74, 6) is -2.17. The molecule has 0 radical (unpaired) electrons. The number of imide groups is 2. The summed E-state index contributed by atoms with van der Waals surface area (Å²) in [4.78, 5) is 49.9. The highest BCUT2D eigenvalue weighted by Crippen LogP contribution is 2.43. The Bertz CT molecular complexity index is 1260. The number of carbonyl (C=O) groups excluding carboxylic acids is 4. The molecule has 2 aliphatic rings. The number of hydrogen-bond donors (Lipinski definition) is 2. The van der Waals surface area contributed by atoms with Gasteiger partial charge in [-0.2, -0.15) is 0 Å². The molecule has 1 fully saturated rings. The van der Waals surface area contributed by atoms with Gasteiger partial charge < -0.3 is 0 Å². The van der Waals surface area contributed by atoms with E-state index in [1.54, 1.807) is 12.1 Å². The van der Waals surface area contributed by atoms with Crippen molar-refractivity contribution in [3.8, 4) is 11.1 Å². The highest BCUT2D eigenvalue weighted by atomic mass is 16.2. The van der Waals surface area contributed by atoms with Gasteiger partial charge in [-0.15, -0.1) is 0 Å². The molecule has 1 aliphatic carbocycles. The summed E-state index contributed by atoms with van der Waals surface area (Å²) < 4.78 is 0. The van der Waals surface area contributed by atoms with Gasteiger partial charge in [-0.25, -0.2) is 4.79 Å². The highest BCUT2D eigenvalue weighted by molar-refractivity contribution is 6.46. The number of allylic oxidation sites excluding steroid dienone is 1. The van der Waals surface area contributed by atoms with E-state index in [9.17, 15) is 19.2 Å². The molecule has 0 bridgehead atoms. The van der Waals surface area contributed by atoms with Crippen LogP contribution in [-0.2, 0) is 9.59 Å². The van der Waals surface area contributed by atoms with Crippen molar-refractivity contribution in [2.24, 2.45) is 0 Å². The van der Waals surface area contributed by atoms with Crippen LogP contribution in [0.5, 0.6) is 0 Å². The zero-order valence-electron chi connectivity index (χ0n) is 14.4. The van der Waals surface area contributed by atoms with Crippen molar-refractivity contribution in [3.05, 3.63) is 77.4 Å². The molecule has 0 saturated carbocycles. The Kier molecular flexibility index (Phi) is 3.30. The van der Waals surface area contributed by atoms with E-state index in [1.807, 2.05) is 59.2 Å². The predicted octanol–water partition coefficient (Wildman–Crippen LogP) is 2.82. The summed E-state index contributed by atoms with van der Waals surface area (Å²) in [6.45, 7) is 0. The summed E-state index contributed by atoms with van der Waals surface area (Å²) in [6, 6.07) is 17.5. The first-order chi connectivity index (χ1) is 13.6. The molecule has 134 valence electrons. The van der Waals surface area contributed by atoms with Crippen LogP contribution >= 0.6 is 0 Å². The third kappa shape index (κ3) is 2.15. The molecule has 0 spiro atoms. The van der Waals surface area contributed by atoms with E-state index < -0.39 is 23.6 Å². The summed E-state index contributed by atoms with van der Waals surface area (Å²) in [5.41, 5.74) is 2.08. The van der Waals surface area contributed by atoms with Gasteiger partial charge in [0.2, 0.25) is 0 Å². The lowest BCUT2D eigenvalue weighted by Crippen LogP contribution is -2.52. The van der Waals surface area contributed by atoms with Crippen LogP contribution < -0.4 is 10.6 Å². The van der Waals surface area contributed by atoms with Crippen molar-refractivity contribution in [2.45, 2.75) is 0 Å². The Balaban J connectivity index is 1.90. The van der Waals surface area contributed by atoms with Gasteiger partial charge in [0.25, 0.3) is 11.8 Å². The zero-order chi connectivity index (χ0) is 19.4. The van der Waals surface area contributed by atoms with E-state index in [0.29, 0.717) is 11.1 Å². The molecule has 28 heavy (non-hydrogen) atoms. The van der Waals surface area contributed by atoms with E-state index in [0.717, 1.165) is 21.9 Å². The van der Waals surface area contributed by atoms with E-state index in [1.165, 1.54) is 0 Å². The second-order valence-corrected chi connectivity index (χ2v) is 6.57. The molecule has 6 nitrogen and oxygen atoms in total. The number of urea groups is 1. The topological polar surface area (TPSA) is 92.3 Å². The minimum atomic E-state index is -0.901. The number of barbiturate groups is 1. The molecule has 4 amide bonds. The third-order valence-corrected chi connectivity index (χ3v) is 5.03. The van der Waals surface area contributed by atoms with Gasteiger partial charge in [0.15, 0.2) is 5.78 Å². The number of rotatable bonds is 0. The molecule has 1 aliphatic heterocycles. The standard InChI is InChI=1S/C22H12N2O4/c25-19-16-12-6-2-1-5-11(12)9-10-15(16)13-7-3-4-8-14(13)17(19)18-20(26)23-22(28)24-21(18)27/h1-10H,(H2,23,24,26,27,28). The van der Waals surface area contributed by atoms with Crippen LogP contribution in [0.4, 0.5) is 4.79 Å². The van der Waals surface area contributed by atoms with Crippen LogP contribution in [0, 0.1) is 0 Å². The van der Waals surface area contributed by atoms with Crippen molar-refractivity contribution in [3.63, 3.8) is 0 Å². The molecule has 0 atom stereocenters. The molecular weight excluding hydrogens is 356 g/mol. The van der Waals surface area contributed by atoms with Gasteiger partial charge in [-0.1, -0.05) is 60.7 Å². The lowest BCUT2D eigenvalue weighted by Gasteiger charge is -2.25. The lowest BCUT2D eigenvalue weighted by molar-refractivity contribution is -0.123. The number of Topliss-reactive ketones (excluding diaryl/α,β-unsaturated/α-hetero) is 1.